The molecule has 0 aliphatic heterocycles. The Kier molecular flexibility index (Phi) is 4.52. The number of hydrogen-bond acceptors (Lipinski definition) is 7. The van der Waals surface area contributed by atoms with Gasteiger partial charge in [-0.2, -0.15) is 17.6 Å². The largest absolute Gasteiger partial charge is 0.494 e. The Hall–Kier alpha value is -2.48. The number of hydrogen-bond donors (Lipinski definition) is 1. The summed E-state index contributed by atoms with van der Waals surface area (Å²) < 4.78 is 16.1. The molecule has 3 rings (SSSR count). The van der Waals surface area contributed by atoms with Crippen LogP contribution in [-0.2, 0) is 12.2 Å². The molecule has 0 N–H and O–H groups in total. The van der Waals surface area contributed by atoms with Crippen molar-refractivity contribution in [2.75, 3.05) is 6.61 Å². The van der Waals surface area contributed by atoms with E-state index in [1.165, 1.54) is 6.20 Å². The SMILES string of the molecule is O=c1oc2nc(CCCOc3ccc(CS)cc3)cn2oc1=O. The van der Waals surface area contributed by atoms with Crippen molar-refractivity contribution < 1.29 is 13.7 Å². The average Bonchev–Trinajstić information content (AvgIpc) is 2.94. The van der Waals surface area contributed by atoms with Crippen LogP contribution in [0.4, 0.5) is 0 Å². The second-order valence-corrected chi connectivity index (χ2v) is 5.18. The first kappa shape index (κ1) is 15.4. The van der Waals surface area contributed by atoms with Crippen LogP contribution < -0.4 is 16.0 Å². The quantitative estimate of drug-likeness (QED) is 0.419. The monoisotopic (exact) mass is 334 g/mol. The zero-order valence-corrected chi connectivity index (χ0v) is 13.0. The number of thiol groups is 1. The van der Waals surface area contributed by atoms with Gasteiger partial charge in [-0.05, 0) is 30.5 Å². The maximum Gasteiger partial charge on any atom is 0.442 e. The van der Waals surface area contributed by atoms with E-state index in [1.807, 2.05) is 24.3 Å². The predicted molar refractivity (Wildman–Crippen MR) is 85.2 cm³/mol. The van der Waals surface area contributed by atoms with Crippen LogP contribution in [0.1, 0.15) is 17.7 Å². The summed E-state index contributed by atoms with van der Waals surface area (Å²) in [6.45, 7) is 0.516. The molecular formula is C15H14N2O5S. The van der Waals surface area contributed by atoms with E-state index in [2.05, 4.69) is 17.6 Å². The van der Waals surface area contributed by atoms with Gasteiger partial charge >= 0.3 is 17.1 Å². The summed E-state index contributed by atoms with van der Waals surface area (Å²) >= 11 is 4.20. The third-order valence-corrected chi connectivity index (χ3v) is 3.54. The van der Waals surface area contributed by atoms with Crippen molar-refractivity contribution in [3.63, 3.8) is 0 Å². The number of nitrogens with zero attached hydrogens (tertiary/aromatic N) is 2. The van der Waals surface area contributed by atoms with E-state index >= 15 is 0 Å². The standard InChI is InChI=1S/C15H14N2O5S/c18-13-14(19)22-17-8-11(16-15(17)21-13)2-1-7-20-12-5-3-10(9-23)4-6-12/h3-6,8,23H,1-2,7,9H2. The average molecular weight is 334 g/mol. The topological polar surface area (TPSA) is 86.9 Å². The molecule has 8 heteroatoms. The highest BCUT2D eigenvalue weighted by Crippen LogP contribution is 2.14. The van der Waals surface area contributed by atoms with Crippen LogP contribution in [0.25, 0.3) is 5.84 Å². The molecule has 0 saturated carbocycles. The molecule has 0 aliphatic rings. The number of imidazole rings is 1. The minimum atomic E-state index is -1.07. The summed E-state index contributed by atoms with van der Waals surface area (Å²) in [5.74, 6) is 1.45. The number of rotatable bonds is 6. The van der Waals surface area contributed by atoms with Gasteiger partial charge in [-0.1, -0.05) is 12.1 Å². The zero-order chi connectivity index (χ0) is 16.2. The third kappa shape index (κ3) is 3.65. The van der Waals surface area contributed by atoms with Gasteiger partial charge < -0.3 is 13.7 Å². The summed E-state index contributed by atoms with van der Waals surface area (Å²) in [6.07, 6.45) is 2.83. The number of benzene rings is 1. The molecule has 0 amide bonds. The molecule has 2 heterocycles. The minimum Gasteiger partial charge on any atom is -0.494 e. The number of aromatic nitrogens is 2. The van der Waals surface area contributed by atoms with Crippen LogP contribution in [0.3, 0.4) is 0 Å². The van der Waals surface area contributed by atoms with Crippen molar-refractivity contribution in [2.24, 2.45) is 0 Å². The number of fused-ring (bicyclic) bond motifs is 1. The van der Waals surface area contributed by atoms with Gasteiger partial charge in [-0.15, -0.1) is 4.57 Å². The van der Waals surface area contributed by atoms with Gasteiger partial charge in [0.25, 0.3) is 0 Å². The van der Waals surface area contributed by atoms with Gasteiger partial charge in [-0.25, -0.2) is 9.59 Å². The van der Waals surface area contributed by atoms with Crippen LogP contribution in [0, 0.1) is 0 Å². The molecule has 0 bridgehead atoms. The van der Waals surface area contributed by atoms with Gasteiger partial charge in [0.15, 0.2) is 0 Å². The summed E-state index contributed by atoms with van der Waals surface area (Å²) in [5, 5.41) is 0. The first-order valence-corrected chi connectivity index (χ1v) is 7.64. The highest BCUT2D eigenvalue weighted by molar-refractivity contribution is 7.79. The van der Waals surface area contributed by atoms with Crippen molar-refractivity contribution >= 4 is 18.5 Å². The van der Waals surface area contributed by atoms with E-state index in [9.17, 15) is 9.59 Å². The number of ether oxygens (including phenoxy) is 1. The van der Waals surface area contributed by atoms with Gasteiger partial charge in [0.05, 0.1) is 18.5 Å². The van der Waals surface area contributed by atoms with E-state index in [0.29, 0.717) is 30.9 Å². The molecule has 0 fully saturated rings. The molecule has 120 valence electrons. The second kappa shape index (κ2) is 6.74. The Balaban J connectivity index is 1.56. The van der Waals surface area contributed by atoms with Crippen molar-refractivity contribution in [3.8, 4) is 5.75 Å². The Labute approximate surface area is 135 Å². The molecule has 23 heavy (non-hydrogen) atoms. The molecule has 0 radical (unpaired) electrons. The Morgan fingerprint density at radius 2 is 1.96 bits per heavy atom. The molecule has 7 nitrogen and oxygen atoms in total. The van der Waals surface area contributed by atoms with Gasteiger partial charge in [0.1, 0.15) is 5.75 Å². The highest BCUT2D eigenvalue weighted by Gasteiger charge is 2.08. The maximum atomic E-state index is 11.1. The van der Waals surface area contributed by atoms with Gasteiger partial charge in [0.2, 0.25) is 0 Å². The van der Waals surface area contributed by atoms with E-state index in [1.54, 1.807) is 0 Å². The lowest BCUT2D eigenvalue weighted by Gasteiger charge is -2.05. The van der Waals surface area contributed by atoms with Crippen LogP contribution in [0.2, 0.25) is 0 Å². The lowest BCUT2D eigenvalue weighted by molar-refractivity contribution is 0.275. The molecule has 0 unspecified atom stereocenters. The van der Waals surface area contributed by atoms with E-state index in [-0.39, 0.29) is 5.84 Å². The third-order valence-electron chi connectivity index (χ3n) is 3.18. The molecule has 1 aromatic carbocycles. The molecular weight excluding hydrogens is 320 g/mol. The first-order chi connectivity index (χ1) is 11.2. The zero-order valence-electron chi connectivity index (χ0n) is 12.1. The fraction of sp³-hybridized carbons (Fsp3) is 0.267. The van der Waals surface area contributed by atoms with Gasteiger partial charge in [-0.3, -0.25) is 0 Å². The molecule has 0 saturated heterocycles. The van der Waals surface area contributed by atoms with E-state index < -0.39 is 11.3 Å². The predicted octanol–water partition coefficient (Wildman–Crippen LogP) is 1.68. The molecule has 0 atom stereocenters. The summed E-state index contributed by atoms with van der Waals surface area (Å²) in [7, 11) is 0. The van der Waals surface area contributed by atoms with Crippen LogP contribution in [0.5, 0.6) is 5.75 Å². The Bertz CT molecular complexity index is 863. The minimum absolute atomic E-state index is 0.0344. The van der Waals surface area contributed by atoms with Crippen molar-refractivity contribution in [1.29, 1.82) is 0 Å². The van der Waals surface area contributed by atoms with Crippen molar-refractivity contribution in [3.05, 3.63) is 62.6 Å². The van der Waals surface area contributed by atoms with Crippen molar-refractivity contribution in [1.82, 2.24) is 9.56 Å². The fourth-order valence-electron chi connectivity index (χ4n) is 2.03. The first-order valence-electron chi connectivity index (χ1n) is 7.01. The summed E-state index contributed by atoms with van der Waals surface area (Å²) in [5.41, 5.74) is -0.345. The highest BCUT2D eigenvalue weighted by atomic mass is 32.1. The summed E-state index contributed by atoms with van der Waals surface area (Å²) in [6, 6.07) is 7.74. The Morgan fingerprint density at radius 1 is 1.17 bits per heavy atom. The van der Waals surface area contributed by atoms with E-state index in [4.69, 9.17) is 13.7 Å². The molecule has 3 aromatic rings. The smallest absolute Gasteiger partial charge is 0.442 e. The summed E-state index contributed by atoms with van der Waals surface area (Å²) in [4.78, 5) is 26.2. The second-order valence-electron chi connectivity index (χ2n) is 4.86. The lowest BCUT2D eigenvalue weighted by Crippen LogP contribution is -2.22. The van der Waals surface area contributed by atoms with Crippen LogP contribution in [0.15, 0.2) is 49.0 Å². The maximum absolute atomic E-state index is 11.1. The lowest BCUT2D eigenvalue weighted by atomic mass is 10.2. The molecule has 0 aliphatic carbocycles. The van der Waals surface area contributed by atoms with Crippen molar-refractivity contribution in [2.45, 2.75) is 18.6 Å². The molecule has 2 aromatic heterocycles. The fourth-order valence-corrected chi connectivity index (χ4v) is 2.24. The number of aryl methyl sites for hydroxylation is 1. The van der Waals surface area contributed by atoms with Gasteiger partial charge in [0, 0.05) is 5.75 Å². The Morgan fingerprint density at radius 3 is 2.70 bits per heavy atom. The normalized spacial score (nSPS) is 11.0. The molecule has 0 spiro atoms. The van der Waals surface area contributed by atoms with E-state index in [0.717, 1.165) is 15.9 Å². The van der Waals surface area contributed by atoms with Crippen LogP contribution in [-0.4, -0.2) is 16.2 Å². The van der Waals surface area contributed by atoms with Crippen LogP contribution >= 0.6 is 12.6 Å².